The van der Waals surface area contributed by atoms with Crippen molar-refractivity contribution in [3.05, 3.63) is 33.8 Å². The number of nitrogen functional groups attached to an aromatic ring is 1. The Balaban J connectivity index is 2.11. The van der Waals surface area contributed by atoms with Crippen LogP contribution in [-0.2, 0) is 19.1 Å². The minimum atomic E-state index is -4.61. The fourth-order valence-electron chi connectivity index (χ4n) is 1.57. The third kappa shape index (κ3) is 3.60. The van der Waals surface area contributed by atoms with Crippen molar-refractivity contribution in [2.75, 3.05) is 11.1 Å². The first-order valence-corrected chi connectivity index (χ1v) is 6.73. The topological polar surface area (TPSA) is 63.8 Å². The zero-order chi connectivity index (χ0) is 14.8. The van der Waals surface area contributed by atoms with E-state index >= 15 is 0 Å². The minimum absolute atomic E-state index is 0.0660. The number of rotatable bonds is 4. The Kier molecular flexibility index (Phi) is 4.12. The molecule has 3 N–H and O–H groups in total. The molecule has 0 fully saturated rings. The first-order chi connectivity index (χ1) is 9.38. The summed E-state index contributed by atoms with van der Waals surface area (Å²) in [6, 6.07) is 5.21. The van der Waals surface area contributed by atoms with Gasteiger partial charge in [-0.1, -0.05) is 6.92 Å². The average molecular weight is 302 g/mol. The highest BCUT2D eigenvalue weighted by Gasteiger charge is 2.35. The van der Waals surface area contributed by atoms with Gasteiger partial charge < -0.3 is 11.1 Å². The Hall–Kier alpha value is -1.83. The second-order valence-corrected chi connectivity index (χ2v) is 5.33. The van der Waals surface area contributed by atoms with Crippen molar-refractivity contribution in [3.63, 3.8) is 0 Å². The molecule has 20 heavy (non-hydrogen) atoms. The molecule has 2 heterocycles. The van der Waals surface area contributed by atoms with E-state index in [2.05, 4.69) is 15.3 Å². The van der Waals surface area contributed by atoms with Gasteiger partial charge in [0.15, 0.2) is 0 Å². The molecule has 0 bridgehead atoms. The molecule has 0 saturated heterocycles. The van der Waals surface area contributed by atoms with Crippen LogP contribution in [0.1, 0.15) is 22.5 Å². The molecule has 8 heteroatoms. The molecule has 108 valence electrons. The number of nitrogens with one attached hydrogen (secondary N) is 1. The number of thiophene rings is 1. The Morgan fingerprint density at radius 3 is 2.55 bits per heavy atom. The predicted octanol–water partition coefficient (Wildman–Crippen LogP) is 3.31. The summed E-state index contributed by atoms with van der Waals surface area (Å²) >= 11 is 1.61. The Bertz CT molecular complexity index is 595. The van der Waals surface area contributed by atoms with Crippen molar-refractivity contribution in [3.8, 4) is 0 Å². The van der Waals surface area contributed by atoms with Gasteiger partial charge >= 0.3 is 6.18 Å². The molecule has 0 spiro atoms. The highest BCUT2D eigenvalue weighted by Crippen LogP contribution is 2.28. The first-order valence-electron chi connectivity index (χ1n) is 5.91. The van der Waals surface area contributed by atoms with Crippen LogP contribution in [0.5, 0.6) is 0 Å². The standard InChI is InChI=1S/C12H13F3N4S/c1-2-7-3-4-8(20-7)6-17-10-5-9(16)18-11(19-10)12(13,14)15/h3-5H,2,6H2,1H3,(H3,16,17,18,19). The number of aryl methyl sites for hydroxylation is 1. The summed E-state index contributed by atoms with van der Waals surface area (Å²) in [7, 11) is 0. The lowest BCUT2D eigenvalue weighted by Crippen LogP contribution is -2.14. The molecule has 0 radical (unpaired) electrons. The zero-order valence-corrected chi connectivity index (χ0v) is 11.5. The van der Waals surface area contributed by atoms with Gasteiger partial charge in [0.05, 0.1) is 6.54 Å². The molecule has 0 aromatic carbocycles. The number of nitrogens with zero attached hydrogens (tertiary/aromatic N) is 2. The Labute approximate surface area is 117 Å². The fraction of sp³-hybridized carbons (Fsp3) is 0.333. The molecule has 0 unspecified atom stereocenters. The van der Waals surface area contributed by atoms with Crippen LogP contribution in [0.4, 0.5) is 24.8 Å². The third-order valence-corrected chi connectivity index (χ3v) is 3.74. The summed E-state index contributed by atoms with van der Waals surface area (Å²) in [4.78, 5) is 8.85. The lowest BCUT2D eigenvalue weighted by molar-refractivity contribution is -0.144. The molecule has 2 aromatic heterocycles. The third-order valence-electron chi connectivity index (χ3n) is 2.51. The number of anilines is 2. The van der Waals surface area contributed by atoms with Crippen LogP contribution >= 0.6 is 11.3 Å². The number of hydrogen-bond acceptors (Lipinski definition) is 5. The fourth-order valence-corrected chi connectivity index (χ4v) is 2.47. The summed E-state index contributed by atoms with van der Waals surface area (Å²) in [6.07, 6.45) is -3.67. The molecule has 0 aliphatic carbocycles. The van der Waals surface area contributed by atoms with E-state index < -0.39 is 12.0 Å². The quantitative estimate of drug-likeness (QED) is 0.909. The molecule has 0 saturated carbocycles. The smallest absolute Gasteiger partial charge is 0.384 e. The van der Waals surface area contributed by atoms with Crippen LogP contribution in [0.3, 0.4) is 0 Å². The van der Waals surface area contributed by atoms with E-state index in [4.69, 9.17) is 5.73 Å². The number of aromatic nitrogens is 2. The summed E-state index contributed by atoms with van der Waals surface area (Å²) in [5.74, 6) is -1.38. The number of alkyl halides is 3. The van der Waals surface area contributed by atoms with Crippen molar-refractivity contribution < 1.29 is 13.2 Å². The van der Waals surface area contributed by atoms with Crippen LogP contribution in [0.25, 0.3) is 0 Å². The molecule has 4 nitrogen and oxygen atoms in total. The van der Waals surface area contributed by atoms with Gasteiger partial charge in [0.1, 0.15) is 11.6 Å². The van der Waals surface area contributed by atoms with Crippen LogP contribution in [0.2, 0.25) is 0 Å². The van der Waals surface area contributed by atoms with E-state index in [-0.39, 0.29) is 11.6 Å². The Morgan fingerprint density at radius 1 is 1.25 bits per heavy atom. The van der Waals surface area contributed by atoms with Crippen molar-refractivity contribution in [2.24, 2.45) is 0 Å². The van der Waals surface area contributed by atoms with Crippen LogP contribution < -0.4 is 11.1 Å². The van der Waals surface area contributed by atoms with Gasteiger partial charge in [-0.2, -0.15) is 13.2 Å². The van der Waals surface area contributed by atoms with E-state index in [0.29, 0.717) is 6.54 Å². The first kappa shape index (κ1) is 14.6. The zero-order valence-electron chi connectivity index (χ0n) is 10.7. The van der Waals surface area contributed by atoms with Crippen LogP contribution in [0.15, 0.2) is 18.2 Å². The van der Waals surface area contributed by atoms with E-state index in [1.54, 1.807) is 11.3 Å². The molecule has 0 aliphatic heterocycles. The monoisotopic (exact) mass is 302 g/mol. The lowest BCUT2D eigenvalue weighted by Gasteiger charge is -2.09. The highest BCUT2D eigenvalue weighted by atomic mass is 32.1. The van der Waals surface area contributed by atoms with E-state index in [1.807, 2.05) is 19.1 Å². The largest absolute Gasteiger partial charge is 0.451 e. The van der Waals surface area contributed by atoms with Gasteiger partial charge in [-0.15, -0.1) is 11.3 Å². The minimum Gasteiger partial charge on any atom is -0.384 e. The summed E-state index contributed by atoms with van der Waals surface area (Å²) in [5, 5.41) is 2.83. The SMILES string of the molecule is CCc1ccc(CNc2cc(N)nc(C(F)(F)F)n2)s1. The number of nitrogens with two attached hydrogens (primary N) is 1. The van der Waals surface area contributed by atoms with E-state index in [0.717, 1.165) is 11.3 Å². The van der Waals surface area contributed by atoms with Gasteiger partial charge in [0.2, 0.25) is 5.82 Å². The Morgan fingerprint density at radius 2 is 1.95 bits per heavy atom. The number of halogens is 3. The maximum atomic E-state index is 12.6. The van der Waals surface area contributed by atoms with Crippen LogP contribution in [-0.4, -0.2) is 9.97 Å². The number of hydrogen-bond donors (Lipinski definition) is 2. The van der Waals surface area contributed by atoms with Gasteiger partial charge in [-0.25, -0.2) is 9.97 Å². The maximum absolute atomic E-state index is 12.6. The predicted molar refractivity (Wildman–Crippen MR) is 72.5 cm³/mol. The normalized spacial score (nSPS) is 11.6. The maximum Gasteiger partial charge on any atom is 0.451 e. The van der Waals surface area contributed by atoms with Crippen molar-refractivity contribution >= 4 is 23.0 Å². The summed E-state index contributed by atoms with van der Waals surface area (Å²) in [5.41, 5.74) is 5.36. The summed E-state index contributed by atoms with van der Waals surface area (Å²) < 4.78 is 37.7. The van der Waals surface area contributed by atoms with Crippen molar-refractivity contribution in [1.82, 2.24) is 9.97 Å². The van der Waals surface area contributed by atoms with Gasteiger partial charge in [-0.3, -0.25) is 0 Å². The average Bonchev–Trinajstić information content (AvgIpc) is 2.82. The molecular formula is C12H13F3N4S. The molecule has 0 aliphatic rings. The van der Waals surface area contributed by atoms with Gasteiger partial charge in [0.25, 0.3) is 0 Å². The van der Waals surface area contributed by atoms with Gasteiger partial charge in [0, 0.05) is 15.8 Å². The van der Waals surface area contributed by atoms with Gasteiger partial charge in [-0.05, 0) is 18.6 Å². The van der Waals surface area contributed by atoms with Crippen LogP contribution in [0, 0.1) is 0 Å². The molecule has 2 rings (SSSR count). The molecule has 0 amide bonds. The molecule has 0 atom stereocenters. The second-order valence-electron chi connectivity index (χ2n) is 4.07. The van der Waals surface area contributed by atoms with E-state index in [9.17, 15) is 13.2 Å². The highest BCUT2D eigenvalue weighted by molar-refractivity contribution is 7.12. The molecule has 2 aromatic rings. The van der Waals surface area contributed by atoms with Crippen molar-refractivity contribution in [2.45, 2.75) is 26.1 Å². The second kappa shape index (κ2) is 5.66. The summed E-state index contributed by atoms with van der Waals surface area (Å²) in [6.45, 7) is 2.45. The molecular weight excluding hydrogens is 289 g/mol. The van der Waals surface area contributed by atoms with E-state index in [1.165, 1.54) is 10.9 Å². The van der Waals surface area contributed by atoms with Crippen molar-refractivity contribution in [1.29, 1.82) is 0 Å². The lowest BCUT2D eigenvalue weighted by atomic mass is 10.3.